The highest BCUT2D eigenvalue weighted by atomic mass is 15.6. The molecule has 64 valence electrons. The predicted octanol–water partition coefficient (Wildman–Crippen LogP) is -0.993. The fraction of sp³-hybridized carbons (Fsp3) is 0.600. The number of guanidine groups is 1. The van der Waals surface area contributed by atoms with E-state index in [1.165, 1.54) is 5.01 Å². The van der Waals surface area contributed by atoms with Gasteiger partial charge in [0.15, 0.2) is 0 Å². The van der Waals surface area contributed by atoms with Crippen LogP contribution < -0.4 is 17.1 Å². The second-order valence-corrected chi connectivity index (χ2v) is 2.17. The molecule has 0 fully saturated rings. The molecule has 0 aliphatic carbocycles. The second kappa shape index (κ2) is 4.51. The van der Waals surface area contributed by atoms with Crippen molar-refractivity contribution < 1.29 is 0 Å². The van der Waals surface area contributed by atoms with Crippen molar-refractivity contribution in [3.63, 3.8) is 0 Å². The average molecular weight is 158 g/mol. The van der Waals surface area contributed by atoms with Gasteiger partial charge >= 0.3 is 0 Å². The first-order valence-corrected chi connectivity index (χ1v) is 3.11. The summed E-state index contributed by atoms with van der Waals surface area (Å²) in [7, 11) is 1.69. The summed E-state index contributed by atoms with van der Waals surface area (Å²) >= 11 is 0. The summed E-state index contributed by atoms with van der Waals surface area (Å²) in [4.78, 5) is 0. The molecule has 11 heavy (non-hydrogen) atoms. The predicted molar refractivity (Wildman–Crippen MR) is 45.5 cm³/mol. The van der Waals surface area contributed by atoms with Gasteiger partial charge in [0.05, 0.1) is 0 Å². The third kappa shape index (κ3) is 3.41. The zero-order chi connectivity index (χ0) is 8.85. The average Bonchev–Trinajstić information content (AvgIpc) is 1.88. The maximum absolute atomic E-state index is 5.09. The van der Waals surface area contributed by atoms with Crippen LogP contribution in [0.25, 0.3) is 0 Å². The minimum atomic E-state index is 0.311. The molecule has 0 atom stereocenters. The molecule has 0 radical (unpaired) electrons. The quantitative estimate of drug-likeness (QED) is 0.198. The Kier molecular flexibility index (Phi) is 3.97. The van der Waals surface area contributed by atoms with E-state index in [1.54, 1.807) is 7.05 Å². The van der Waals surface area contributed by atoms with Crippen LogP contribution in [0.15, 0.2) is 10.2 Å². The minimum absolute atomic E-state index is 0.311. The van der Waals surface area contributed by atoms with Gasteiger partial charge in [-0.3, -0.25) is 5.43 Å². The molecule has 0 unspecified atom stereocenters. The first kappa shape index (κ1) is 9.70. The van der Waals surface area contributed by atoms with Gasteiger partial charge in [0, 0.05) is 12.8 Å². The smallest absolute Gasteiger partial charge is 0.250 e. The minimum Gasteiger partial charge on any atom is -0.320 e. The molecule has 0 aromatic heterocycles. The highest BCUT2D eigenvalue weighted by Gasteiger charge is 2.00. The van der Waals surface area contributed by atoms with E-state index in [2.05, 4.69) is 15.6 Å². The van der Waals surface area contributed by atoms with E-state index in [0.29, 0.717) is 5.96 Å². The van der Waals surface area contributed by atoms with E-state index < -0.39 is 0 Å². The molecule has 5 N–H and O–H groups in total. The molecule has 0 bridgehead atoms. The summed E-state index contributed by atoms with van der Waals surface area (Å²) < 4.78 is 0. The van der Waals surface area contributed by atoms with Crippen molar-refractivity contribution in [2.24, 2.45) is 21.9 Å². The van der Waals surface area contributed by atoms with Crippen LogP contribution >= 0.6 is 0 Å². The summed E-state index contributed by atoms with van der Waals surface area (Å²) in [6, 6.07) is 0. The third-order valence-corrected chi connectivity index (χ3v) is 0.908. The van der Waals surface area contributed by atoms with Crippen molar-refractivity contribution in [1.29, 1.82) is 0 Å². The van der Waals surface area contributed by atoms with Crippen molar-refractivity contribution in [3.05, 3.63) is 0 Å². The molecule has 0 aromatic rings. The highest BCUT2D eigenvalue weighted by Crippen LogP contribution is 1.85. The Hall–Kier alpha value is -1.30. The van der Waals surface area contributed by atoms with Crippen molar-refractivity contribution in [1.82, 2.24) is 10.4 Å². The number of hydrogen-bond donors (Lipinski definition) is 3. The first-order chi connectivity index (χ1) is 5.11. The lowest BCUT2D eigenvalue weighted by atomic mass is 10.5. The van der Waals surface area contributed by atoms with Gasteiger partial charge in [-0.1, -0.05) is 0 Å². The summed E-state index contributed by atoms with van der Waals surface area (Å²) in [6.07, 6.45) is 0. The van der Waals surface area contributed by atoms with Crippen LogP contribution in [0.4, 0.5) is 0 Å². The molecule has 0 aromatic carbocycles. The van der Waals surface area contributed by atoms with Gasteiger partial charge in [-0.25, -0.2) is 10.9 Å². The normalized spacial score (nSPS) is 10.7. The lowest BCUT2D eigenvalue weighted by Crippen LogP contribution is -2.41. The molecule has 0 saturated heterocycles. The summed E-state index contributed by atoms with van der Waals surface area (Å²) in [5, 5.41) is 8.83. The topological polar surface area (TPSA) is 92.0 Å². The fourth-order valence-corrected chi connectivity index (χ4v) is 0.562. The highest BCUT2D eigenvalue weighted by molar-refractivity contribution is 5.83. The van der Waals surface area contributed by atoms with E-state index in [4.69, 9.17) is 11.7 Å². The molecule has 0 aliphatic rings. The SMILES string of the molecule is CC(C)=NN(C)/C(=N/N)NN. The zero-order valence-electron chi connectivity index (χ0n) is 7.00. The van der Waals surface area contributed by atoms with E-state index in [-0.39, 0.29) is 0 Å². The molecule has 6 heteroatoms. The van der Waals surface area contributed by atoms with E-state index in [9.17, 15) is 0 Å². The number of hydrazine groups is 1. The lowest BCUT2D eigenvalue weighted by Gasteiger charge is -2.13. The zero-order valence-corrected chi connectivity index (χ0v) is 7.00. The number of nitrogens with one attached hydrogen (secondary N) is 1. The Morgan fingerprint density at radius 3 is 2.27 bits per heavy atom. The monoisotopic (exact) mass is 158 g/mol. The van der Waals surface area contributed by atoms with Crippen molar-refractivity contribution in [3.8, 4) is 0 Å². The Morgan fingerprint density at radius 2 is 2.00 bits per heavy atom. The Balaban J connectivity index is 4.23. The van der Waals surface area contributed by atoms with Gasteiger partial charge in [0.1, 0.15) is 0 Å². The molecule has 6 nitrogen and oxygen atoms in total. The lowest BCUT2D eigenvalue weighted by molar-refractivity contribution is 0.515. The number of rotatable bonds is 1. The number of hydrogen-bond acceptors (Lipinski definition) is 4. The fourth-order valence-electron chi connectivity index (χ4n) is 0.562. The van der Waals surface area contributed by atoms with Gasteiger partial charge < -0.3 is 5.84 Å². The van der Waals surface area contributed by atoms with Gasteiger partial charge in [0.2, 0.25) is 5.96 Å². The van der Waals surface area contributed by atoms with Crippen LogP contribution in [0.5, 0.6) is 0 Å². The second-order valence-electron chi connectivity index (χ2n) is 2.17. The van der Waals surface area contributed by atoms with E-state index in [1.807, 2.05) is 13.8 Å². The third-order valence-electron chi connectivity index (χ3n) is 0.908. The van der Waals surface area contributed by atoms with Gasteiger partial charge in [0.25, 0.3) is 0 Å². The van der Waals surface area contributed by atoms with Crippen LogP contribution in [0.1, 0.15) is 13.8 Å². The standard InChI is InChI=1S/C5H14N6/c1-4(2)10-11(3)5(8-6)9-7/h6-7H2,1-3H3,(H,8,9). The number of nitrogens with zero attached hydrogens (tertiary/aromatic N) is 3. The number of nitrogens with two attached hydrogens (primary N) is 2. The van der Waals surface area contributed by atoms with E-state index in [0.717, 1.165) is 5.71 Å². The molecular formula is C5H14N6. The Bertz CT molecular complexity index is 168. The Labute approximate surface area is 65.9 Å². The molecule has 0 amide bonds. The van der Waals surface area contributed by atoms with Crippen LogP contribution in [0, 0.1) is 0 Å². The molecule has 0 heterocycles. The maximum atomic E-state index is 5.09. The van der Waals surface area contributed by atoms with Crippen LogP contribution in [-0.4, -0.2) is 23.7 Å². The van der Waals surface area contributed by atoms with Crippen LogP contribution in [-0.2, 0) is 0 Å². The largest absolute Gasteiger partial charge is 0.320 e. The molecule has 0 spiro atoms. The molecular weight excluding hydrogens is 144 g/mol. The van der Waals surface area contributed by atoms with E-state index >= 15 is 0 Å². The molecule has 0 saturated carbocycles. The Morgan fingerprint density at radius 1 is 1.45 bits per heavy atom. The number of hydrazone groups is 2. The molecule has 0 aliphatic heterocycles. The van der Waals surface area contributed by atoms with Crippen LogP contribution in [0.3, 0.4) is 0 Å². The molecule has 0 rings (SSSR count). The van der Waals surface area contributed by atoms with Crippen LogP contribution in [0.2, 0.25) is 0 Å². The summed E-state index contributed by atoms with van der Waals surface area (Å²) in [5.74, 6) is 10.4. The van der Waals surface area contributed by atoms with Gasteiger partial charge in [-0.05, 0) is 13.8 Å². The summed E-state index contributed by atoms with van der Waals surface area (Å²) in [6.45, 7) is 3.72. The first-order valence-electron chi connectivity index (χ1n) is 3.11. The van der Waals surface area contributed by atoms with Crippen molar-refractivity contribution >= 4 is 11.7 Å². The van der Waals surface area contributed by atoms with Crippen molar-refractivity contribution in [2.75, 3.05) is 7.05 Å². The van der Waals surface area contributed by atoms with Gasteiger partial charge in [-0.15, -0.1) is 5.10 Å². The van der Waals surface area contributed by atoms with Gasteiger partial charge in [-0.2, -0.15) is 5.10 Å². The van der Waals surface area contributed by atoms with Crippen molar-refractivity contribution in [2.45, 2.75) is 13.8 Å². The summed E-state index contributed by atoms with van der Waals surface area (Å²) in [5.41, 5.74) is 3.19. The maximum Gasteiger partial charge on any atom is 0.250 e.